The van der Waals surface area contributed by atoms with Crippen molar-refractivity contribution in [3.63, 3.8) is 0 Å². The number of nitrogens with two attached hydrogens (primary N) is 1. The average molecular weight is 391 g/mol. The van der Waals surface area contributed by atoms with E-state index in [0.717, 1.165) is 38.8 Å². The standard InChI is InChI=1S/C17H30N4O4.ClH/c1-17(18,16(24)25)20-15(23)13-3-2-10-21(11-13)14(22)5-4-12-6-8-19-9-7-12;/h12-13,19H,2-11,18H2,1H3,(H,20,23)(H,24,25);1H/t13-,17+;/m1./s1. The maximum Gasteiger partial charge on any atom is 0.344 e. The van der Waals surface area contributed by atoms with Crippen LogP contribution in [0.4, 0.5) is 0 Å². The minimum atomic E-state index is -1.79. The number of amides is 2. The van der Waals surface area contributed by atoms with E-state index in [0.29, 0.717) is 31.8 Å². The lowest BCUT2D eigenvalue weighted by Gasteiger charge is -2.34. The second-order valence-electron chi connectivity index (χ2n) is 7.41. The van der Waals surface area contributed by atoms with E-state index in [-0.39, 0.29) is 18.3 Å². The van der Waals surface area contributed by atoms with E-state index in [2.05, 4.69) is 10.6 Å². The zero-order valence-corrected chi connectivity index (χ0v) is 16.1. The molecule has 0 aromatic carbocycles. The molecule has 150 valence electrons. The lowest BCUT2D eigenvalue weighted by atomic mass is 9.92. The lowest BCUT2D eigenvalue weighted by Crippen LogP contribution is -2.61. The summed E-state index contributed by atoms with van der Waals surface area (Å²) in [4.78, 5) is 37.5. The molecule has 0 aromatic heterocycles. The van der Waals surface area contributed by atoms with Gasteiger partial charge in [0.2, 0.25) is 11.8 Å². The quantitative estimate of drug-likeness (QED) is 0.483. The Balaban J connectivity index is 0.00000338. The molecule has 5 N–H and O–H groups in total. The first kappa shape index (κ1) is 22.7. The molecule has 0 spiro atoms. The van der Waals surface area contributed by atoms with Crippen LogP contribution in [-0.2, 0) is 14.4 Å². The topological polar surface area (TPSA) is 125 Å². The number of hydrogen-bond donors (Lipinski definition) is 4. The molecule has 2 rings (SSSR count). The Morgan fingerprint density at radius 2 is 1.92 bits per heavy atom. The van der Waals surface area contributed by atoms with E-state index in [1.54, 1.807) is 4.90 Å². The van der Waals surface area contributed by atoms with E-state index in [4.69, 9.17) is 10.8 Å². The zero-order valence-electron chi connectivity index (χ0n) is 15.3. The monoisotopic (exact) mass is 390 g/mol. The lowest BCUT2D eigenvalue weighted by molar-refractivity contribution is -0.148. The Morgan fingerprint density at radius 3 is 2.54 bits per heavy atom. The summed E-state index contributed by atoms with van der Waals surface area (Å²) >= 11 is 0. The van der Waals surface area contributed by atoms with Crippen molar-refractivity contribution in [3.05, 3.63) is 0 Å². The third kappa shape index (κ3) is 6.41. The number of carboxylic acid groups (broad SMARTS) is 1. The van der Waals surface area contributed by atoms with E-state index < -0.39 is 23.5 Å². The van der Waals surface area contributed by atoms with Crippen molar-refractivity contribution in [2.24, 2.45) is 17.6 Å². The molecule has 2 atom stereocenters. The van der Waals surface area contributed by atoms with Crippen molar-refractivity contribution >= 4 is 30.2 Å². The van der Waals surface area contributed by atoms with Crippen molar-refractivity contribution in [3.8, 4) is 0 Å². The minimum Gasteiger partial charge on any atom is -0.479 e. The molecule has 0 unspecified atom stereocenters. The molecule has 0 radical (unpaired) electrons. The molecule has 26 heavy (non-hydrogen) atoms. The highest BCUT2D eigenvalue weighted by Crippen LogP contribution is 2.21. The van der Waals surface area contributed by atoms with Crippen molar-refractivity contribution in [1.29, 1.82) is 0 Å². The maximum atomic E-state index is 12.5. The number of rotatable bonds is 6. The van der Waals surface area contributed by atoms with Gasteiger partial charge in [0, 0.05) is 19.5 Å². The van der Waals surface area contributed by atoms with Crippen LogP contribution in [0.25, 0.3) is 0 Å². The van der Waals surface area contributed by atoms with Crippen LogP contribution in [-0.4, -0.2) is 59.6 Å². The summed E-state index contributed by atoms with van der Waals surface area (Å²) in [5.74, 6) is -1.40. The molecule has 2 heterocycles. The maximum absolute atomic E-state index is 12.5. The van der Waals surface area contributed by atoms with E-state index in [1.807, 2.05) is 0 Å². The minimum absolute atomic E-state index is 0. The number of hydrogen-bond acceptors (Lipinski definition) is 5. The van der Waals surface area contributed by atoms with Crippen LogP contribution >= 0.6 is 12.4 Å². The predicted molar refractivity (Wildman–Crippen MR) is 99.8 cm³/mol. The van der Waals surface area contributed by atoms with Gasteiger partial charge in [-0.2, -0.15) is 0 Å². The summed E-state index contributed by atoms with van der Waals surface area (Å²) in [6, 6.07) is 0. The van der Waals surface area contributed by atoms with Crippen molar-refractivity contribution in [2.75, 3.05) is 26.2 Å². The second kappa shape index (κ2) is 10.1. The van der Waals surface area contributed by atoms with Crippen LogP contribution in [0.3, 0.4) is 0 Å². The third-order valence-corrected chi connectivity index (χ3v) is 5.20. The van der Waals surface area contributed by atoms with Crippen molar-refractivity contribution in [2.45, 2.75) is 51.1 Å². The summed E-state index contributed by atoms with van der Waals surface area (Å²) in [6.45, 7) is 4.29. The molecule has 2 saturated heterocycles. The molecule has 2 fully saturated rings. The van der Waals surface area contributed by atoms with Gasteiger partial charge in [0.1, 0.15) is 0 Å². The Labute approximate surface area is 160 Å². The van der Waals surface area contributed by atoms with Crippen LogP contribution in [0.1, 0.15) is 45.4 Å². The van der Waals surface area contributed by atoms with Gasteiger partial charge in [0.05, 0.1) is 5.92 Å². The van der Waals surface area contributed by atoms with Crippen LogP contribution in [0.5, 0.6) is 0 Å². The molecule has 0 bridgehead atoms. The van der Waals surface area contributed by atoms with Gasteiger partial charge in [-0.1, -0.05) is 0 Å². The van der Waals surface area contributed by atoms with Gasteiger partial charge in [0.15, 0.2) is 5.66 Å². The first-order valence-electron chi connectivity index (χ1n) is 9.12. The molecule has 2 aliphatic rings. The smallest absolute Gasteiger partial charge is 0.344 e. The normalized spacial score (nSPS) is 23.5. The molecule has 2 amide bonds. The van der Waals surface area contributed by atoms with Crippen molar-refractivity contribution < 1.29 is 19.5 Å². The summed E-state index contributed by atoms with van der Waals surface area (Å²) < 4.78 is 0. The number of nitrogens with zero attached hydrogens (tertiary/aromatic N) is 1. The number of likely N-dealkylation sites (tertiary alicyclic amines) is 1. The largest absolute Gasteiger partial charge is 0.479 e. The molecule has 8 nitrogen and oxygen atoms in total. The number of carboxylic acids is 1. The fraction of sp³-hybridized carbons (Fsp3) is 0.824. The number of aliphatic carboxylic acids is 1. The van der Waals surface area contributed by atoms with Crippen molar-refractivity contribution in [1.82, 2.24) is 15.5 Å². The van der Waals surface area contributed by atoms with Gasteiger partial charge >= 0.3 is 5.97 Å². The summed E-state index contributed by atoms with van der Waals surface area (Å²) in [5.41, 5.74) is 3.78. The zero-order chi connectivity index (χ0) is 18.4. The predicted octanol–water partition coefficient (Wildman–Crippen LogP) is 0.302. The summed E-state index contributed by atoms with van der Waals surface area (Å²) in [6.07, 6.45) is 5.02. The highest BCUT2D eigenvalue weighted by Gasteiger charge is 2.35. The third-order valence-electron chi connectivity index (χ3n) is 5.20. The molecular formula is C17H31ClN4O4. The van der Waals surface area contributed by atoms with Gasteiger partial charge < -0.3 is 20.6 Å². The van der Waals surface area contributed by atoms with Crippen LogP contribution in [0.2, 0.25) is 0 Å². The summed E-state index contributed by atoms with van der Waals surface area (Å²) in [7, 11) is 0. The van der Waals surface area contributed by atoms with Crippen LogP contribution in [0, 0.1) is 11.8 Å². The Kier molecular flexibility index (Phi) is 8.79. The number of piperidine rings is 2. The molecule has 0 aromatic rings. The Hall–Kier alpha value is -1.38. The van der Waals surface area contributed by atoms with E-state index in [9.17, 15) is 14.4 Å². The Bertz CT molecular complexity index is 509. The van der Waals surface area contributed by atoms with Gasteiger partial charge in [-0.25, -0.2) is 4.79 Å². The molecule has 0 saturated carbocycles. The van der Waals surface area contributed by atoms with Crippen LogP contribution in [0.15, 0.2) is 0 Å². The number of nitrogens with one attached hydrogen (secondary N) is 2. The van der Waals surface area contributed by atoms with E-state index >= 15 is 0 Å². The number of carbonyl (C=O) groups is 3. The fourth-order valence-corrected chi connectivity index (χ4v) is 3.49. The number of halogens is 1. The highest BCUT2D eigenvalue weighted by molar-refractivity contribution is 5.88. The second-order valence-corrected chi connectivity index (χ2v) is 7.41. The Morgan fingerprint density at radius 1 is 1.27 bits per heavy atom. The highest BCUT2D eigenvalue weighted by atomic mass is 35.5. The molecule has 0 aliphatic carbocycles. The van der Waals surface area contributed by atoms with Gasteiger partial charge in [-0.3, -0.25) is 15.3 Å². The van der Waals surface area contributed by atoms with Crippen LogP contribution < -0.4 is 16.4 Å². The van der Waals surface area contributed by atoms with Gasteiger partial charge in [-0.05, 0) is 58.0 Å². The molecular weight excluding hydrogens is 360 g/mol. The average Bonchev–Trinajstić information content (AvgIpc) is 2.60. The molecule has 9 heteroatoms. The molecule has 2 aliphatic heterocycles. The summed E-state index contributed by atoms with van der Waals surface area (Å²) in [5, 5.41) is 14.7. The van der Waals surface area contributed by atoms with Gasteiger partial charge in [-0.15, -0.1) is 12.4 Å². The fourth-order valence-electron chi connectivity index (χ4n) is 3.49. The first-order valence-corrected chi connectivity index (χ1v) is 9.12. The SMILES string of the molecule is C[C@](N)(NC(=O)[C@@H]1CCCN(C(=O)CCC2CCNCC2)C1)C(=O)O.Cl. The van der Waals surface area contributed by atoms with E-state index in [1.165, 1.54) is 6.92 Å². The first-order chi connectivity index (χ1) is 11.8. The van der Waals surface area contributed by atoms with Gasteiger partial charge in [0.25, 0.3) is 0 Å². The number of carbonyl (C=O) groups excluding carboxylic acids is 2.